The minimum atomic E-state index is -0.422. The van der Waals surface area contributed by atoms with Gasteiger partial charge in [0, 0.05) is 0 Å². The third-order valence-electron chi connectivity index (χ3n) is 1.84. The van der Waals surface area contributed by atoms with Crippen molar-refractivity contribution in [2.75, 3.05) is 0 Å². The number of benzene rings is 1. The SMILES string of the molecule is O=C(Cl)[C@H]1O[C@@H]1c1ccccc1. The average Bonchev–Trinajstić information content (AvgIpc) is 2.84. The monoisotopic (exact) mass is 182 g/mol. The number of carbonyl (C=O) groups excluding carboxylic acids is 1. The third kappa shape index (κ3) is 1.36. The molecular weight excluding hydrogens is 176 g/mol. The van der Waals surface area contributed by atoms with Crippen LogP contribution >= 0.6 is 11.6 Å². The van der Waals surface area contributed by atoms with Crippen molar-refractivity contribution in [3.8, 4) is 0 Å². The van der Waals surface area contributed by atoms with Crippen LogP contribution < -0.4 is 0 Å². The molecule has 3 heteroatoms. The molecule has 1 saturated heterocycles. The Morgan fingerprint density at radius 1 is 1.33 bits per heavy atom. The van der Waals surface area contributed by atoms with Gasteiger partial charge in [0.2, 0.25) is 0 Å². The van der Waals surface area contributed by atoms with Crippen LogP contribution in [0.25, 0.3) is 0 Å². The first-order valence-electron chi connectivity index (χ1n) is 3.69. The van der Waals surface area contributed by atoms with E-state index in [1.54, 1.807) is 0 Å². The minimum Gasteiger partial charge on any atom is -0.355 e. The molecule has 62 valence electrons. The molecule has 1 aromatic rings. The van der Waals surface area contributed by atoms with Crippen molar-refractivity contribution >= 4 is 16.8 Å². The zero-order valence-corrected chi connectivity index (χ0v) is 6.99. The van der Waals surface area contributed by atoms with Gasteiger partial charge in [-0.2, -0.15) is 0 Å². The van der Waals surface area contributed by atoms with E-state index in [0.717, 1.165) is 5.56 Å². The van der Waals surface area contributed by atoms with E-state index in [1.807, 2.05) is 30.3 Å². The highest BCUT2D eigenvalue weighted by molar-refractivity contribution is 6.65. The topological polar surface area (TPSA) is 29.6 Å². The van der Waals surface area contributed by atoms with Crippen LogP contribution in [0, 0.1) is 0 Å². The summed E-state index contributed by atoms with van der Waals surface area (Å²) in [5.74, 6) is 0. The third-order valence-corrected chi connectivity index (χ3v) is 2.06. The van der Waals surface area contributed by atoms with Crippen molar-refractivity contribution in [2.24, 2.45) is 0 Å². The summed E-state index contributed by atoms with van der Waals surface area (Å²) in [5.41, 5.74) is 1.01. The largest absolute Gasteiger partial charge is 0.355 e. The molecule has 2 nitrogen and oxygen atoms in total. The van der Waals surface area contributed by atoms with Crippen LogP contribution in [0.5, 0.6) is 0 Å². The van der Waals surface area contributed by atoms with Gasteiger partial charge in [0.1, 0.15) is 6.10 Å². The molecule has 12 heavy (non-hydrogen) atoms. The van der Waals surface area contributed by atoms with Crippen LogP contribution in [0.2, 0.25) is 0 Å². The van der Waals surface area contributed by atoms with Crippen LogP contribution in [0.4, 0.5) is 0 Å². The lowest BCUT2D eigenvalue weighted by molar-refractivity contribution is -0.112. The van der Waals surface area contributed by atoms with Gasteiger partial charge < -0.3 is 4.74 Å². The quantitative estimate of drug-likeness (QED) is 0.517. The van der Waals surface area contributed by atoms with E-state index in [0.29, 0.717) is 0 Å². The summed E-state index contributed by atoms with van der Waals surface area (Å²) in [4.78, 5) is 10.6. The molecule has 0 spiro atoms. The molecule has 0 amide bonds. The zero-order chi connectivity index (χ0) is 8.55. The van der Waals surface area contributed by atoms with Crippen molar-refractivity contribution in [3.05, 3.63) is 35.9 Å². The highest BCUT2D eigenvalue weighted by Gasteiger charge is 2.44. The van der Waals surface area contributed by atoms with Gasteiger partial charge >= 0.3 is 0 Å². The van der Waals surface area contributed by atoms with E-state index in [9.17, 15) is 4.79 Å². The van der Waals surface area contributed by atoms with Gasteiger partial charge in [-0.05, 0) is 17.2 Å². The van der Waals surface area contributed by atoms with Crippen LogP contribution in [-0.4, -0.2) is 11.3 Å². The van der Waals surface area contributed by atoms with Crippen molar-refractivity contribution in [1.82, 2.24) is 0 Å². The van der Waals surface area contributed by atoms with E-state index in [-0.39, 0.29) is 6.10 Å². The van der Waals surface area contributed by atoms with E-state index < -0.39 is 11.3 Å². The van der Waals surface area contributed by atoms with Crippen LogP contribution in [0.3, 0.4) is 0 Å². The van der Waals surface area contributed by atoms with Crippen molar-refractivity contribution in [3.63, 3.8) is 0 Å². The van der Waals surface area contributed by atoms with Gasteiger partial charge in [-0.15, -0.1) is 0 Å². The lowest BCUT2D eigenvalue weighted by atomic mass is 10.1. The first-order valence-corrected chi connectivity index (χ1v) is 4.06. The summed E-state index contributed by atoms with van der Waals surface area (Å²) in [7, 11) is 0. The number of epoxide rings is 1. The number of ether oxygens (including phenoxy) is 1. The standard InChI is InChI=1S/C9H7ClO2/c10-9(11)8-7(12-8)6-4-2-1-3-5-6/h1-5,7-8H/t7-,8+/m1/s1. The second kappa shape index (κ2) is 2.88. The number of halogens is 1. The molecule has 1 aliphatic heterocycles. The van der Waals surface area contributed by atoms with Crippen LogP contribution in [0.1, 0.15) is 11.7 Å². The Kier molecular flexibility index (Phi) is 1.87. The fraction of sp³-hybridized carbons (Fsp3) is 0.222. The molecule has 1 heterocycles. The molecule has 0 radical (unpaired) electrons. The summed E-state index contributed by atoms with van der Waals surface area (Å²) in [6, 6.07) is 9.58. The molecule has 2 atom stereocenters. The smallest absolute Gasteiger partial charge is 0.253 e. The zero-order valence-electron chi connectivity index (χ0n) is 6.24. The van der Waals surface area contributed by atoms with E-state index in [2.05, 4.69) is 0 Å². The van der Waals surface area contributed by atoms with Crippen molar-refractivity contribution < 1.29 is 9.53 Å². The van der Waals surface area contributed by atoms with E-state index in [1.165, 1.54) is 0 Å². The molecule has 2 rings (SSSR count). The van der Waals surface area contributed by atoms with Crippen molar-refractivity contribution in [1.29, 1.82) is 0 Å². The van der Waals surface area contributed by atoms with Crippen LogP contribution in [0.15, 0.2) is 30.3 Å². The van der Waals surface area contributed by atoms with Gasteiger partial charge in [-0.3, -0.25) is 4.79 Å². The second-order valence-corrected chi connectivity index (χ2v) is 3.06. The molecule has 0 bridgehead atoms. The lowest BCUT2D eigenvalue weighted by Gasteiger charge is -1.91. The molecular formula is C9H7ClO2. The maximum atomic E-state index is 10.6. The van der Waals surface area contributed by atoms with E-state index >= 15 is 0 Å². The van der Waals surface area contributed by atoms with Crippen molar-refractivity contribution in [2.45, 2.75) is 12.2 Å². The number of hydrogen-bond donors (Lipinski definition) is 0. The molecule has 1 aromatic carbocycles. The molecule has 0 aliphatic carbocycles. The Morgan fingerprint density at radius 3 is 2.50 bits per heavy atom. The Hall–Kier alpha value is -0.860. The maximum Gasteiger partial charge on any atom is 0.253 e. The first-order chi connectivity index (χ1) is 5.79. The molecule has 0 N–H and O–H groups in total. The van der Waals surface area contributed by atoms with E-state index in [4.69, 9.17) is 16.3 Å². The fourth-order valence-corrected chi connectivity index (χ4v) is 1.35. The molecule has 1 fully saturated rings. The van der Waals surface area contributed by atoms with Gasteiger partial charge in [-0.1, -0.05) is 30.3 Å². The Morgan fingerprint density at radius 2 is 2.00 bits per heavy atom. The Balaban J connectivity index is 2.11. The number of carbonyl (C=O) groups is 1. The predicted molar refractivity (Wildman–Crippen MR) is 44.9 cm³/mol. The normalized spacial score (nSPS) is 26.8. The molecule has 0 unspecified atom stereocenters. The van der Waals surface area contributed by atoms with Gasteiger partial charge in [0.15, 0.2) is 6.10 Å². The molecule has 0 saturated carbocycles. The Labute approximate surface area is 75.1 Å². The summed E-state index contributed by atoms with van der Waals surface area (Å²) in [6.07, 6.45) is -0.537. The lowest BCUT2D eigenvalue weighted by Crippen LogP contribution is -1.97. The summed E-state index contributed by atoms with van der Waals surface area (Å²) < 4.78 is 5.08. The predicted octanol–water partition coefficient (Wildman–Crippen LogP) is 1.89. The summed E-state index contributed by atoms with van der Waals surface area (Å²) in [5, 5.41) is -0.413. The minimum absolute atomic E-state index is 0.115. The highest BCUT2D eigenvalue weighted by atomic mass is 35.5. The van der Waals surface area contributed by atoms with Gasteiger partial charge in [0.25, 0.3) is 5.24 Å². The fourth-order valence-electron chi connectivity index (χ4n) is 1.18. The Bertz CT molecular complexity index is 297. The second-order valence-electron chi connectivity index (χ2n) is 2.69. The molecule has 0 aromatic heterocycles. The maximum absolute atomic E-state index is 10.6. The highest BCUT2D eigenvalue weighted by Crippen LogP contribution is 2.39. The first kappa shape index (κ1) is 7.77. The summed E-state index contributed by atoms with van der Waals surface area (Å²) in [6.45, 7) is 0. The van der Waals surface area contributed by atoms with Gasteiger partial charge in [-0.25, -0.2) is 0 Å². The molecule has 1 aliphatic rings. The average molecular weight is 183 g/mol. The van der Waals surface area contributed by atoms with Gasteiger partial charge in [0.05, 0.1) is 0 Å². The summed E-state index contributed by atoms with van der Waals surface area (Å²) >= 11 is 5.26. The van der Waals surface area contributed by atoms with Crippen LogP contribution in [-0.2, 0) is 9.53 Å². The number of hydrogen-bond acceptors (Lipinski definition) is 2. The number of rotatable bonds is 2.